The summed E-state index contributed by atoms with van der Waals surface area (Å²) in [4.78, 5) is 27.8. The van der Waals surface area contributed by atoms with Crippen molar-refractivity contribution in [1.29, 1.82) is 0 Å². The summed E-state index contributed by atoms with van der Waals surface area (Å²) in [5.41, 5.74) is 2.26. The summed E-state index contributed by atoms with van der Waals surface area (Å²) in [6.45, 7) is 1.65. The number of methoxy groups -OCH3 is 1. The summed E-state index contributed by atoms with van der Waals surface area (Å²) in [7, 11) is 1.59. The number of nitrogens with zero attached hydrogens (tertiary/aromatic N) is 4. The zero-order valence-electron chi connectivity index (χ0n) is 17.3. The third kappa shape index (κ3) is 5.21. The van der Waals surface area contributed by atoms with Gasteiger partial charge in [-0.05, 0) is 36.8 Å². The second kappa shape index (κ2) is 9.61. The van der Waals surface area contributed by atoms with E-state index in [1.165, 1.54) is 12.1 Å². The normalized spacial score (nSPS) is 15.8. The maximum absolute atomic E-state index is 13.6. The van der Waals surface area contributed by atoms with Crippen LogP contribution in [0.5, 0.6) is 0 Å². The molecule has 3 heterocycles. The first-order chi connectivity index (χ1) is 15.1. The fourth-order valence-corrected chi connectivity index (χ4v) is 3.64. The van der Waals surface area contributed by atoms with Crippen molar-refractivity contribution in [3.05, 3.63) is 66.5 Å². The molecule has 2 aromatic heterocycles. The SMILES string of the molecule is COCCC(=O)N1CCC(c2nc(Nc3cccc(F)c3)cc(-c3ccncc3)n2)C1. The summed E-state index contributed by atoms with van der Waals surface area (Å²) in [6, 6.07) is 11.8. The van der Waals surface area contributed by atoms with Crippen molar-refractivity contribution in [2.24, 2.45) is 0 Å². The van der Waals surface area contributed by atoms with Gasteiger partial charge in [0, 0.05) is 55.8 Å². The van der Waals surface area contributed by atoms with Gasteiger partial charge in [0.25, 0.3) is 0 Å². The third-order valence-corrected chi connectivity index (χ3v) is 5.24. The Labute approximate surface area is 180 Å². The topological polar surface area (TPSA) is 80.2 Å². The molecule has 0 spiro atoms. The second-order valence-electron chi connectivity index (χ2n) is 7.44. The number of anilines is 2. The van der Waals surface area contributed by atoms with Gasteiger partial charge in [-0.2, -0.15) is 0 Å². The lowest BCUT2D eigenvalue weighted by Gasteiger charge is -2.17. The molecular weight excluding hydrogens is 397 g/mol. The molecule has 160 valence electrons. The Kier molecular flexibility index (Phi) is 6.47. The number of rotatable bonds is 7. The van der Waals surface area contributed by atoms with Crippen LogP contribution in [0.2, 0.25) is 0 Å². The van der Waals surface area contributed by atoms with Crippen LogP contribution in [-0.4, -0.2) is 52.6 Å². The Morgan fingerprint density at radius 3 is 2.84 bits per heavy atom. The van der Waals surface area contributed by atoms with E-state index in [9.17, 15) is 9.18 Å². The number of ether oxygens (including phenoxy) is 1. The van der Waals surface area contributed by atoms with Gasteiger partial charge in [0.1, 0.15) is 17.5 Å². The zero-order valence-corrected chi connectivity index (χ0v) is 17.3. The highest BCUT2D eigenvalue weighted by Gasteiger charge is 2.29. The molecule has 4 rings (SSSR count). The number of carbonyl (C=O) groups excluding carboxylic acids is 1. The predicted octanol–water partition coefficient (Wildman–Crippen LogP) is 3.77. The van der Waals surface area contributed by atoms with E-state index < -0.39 is 0 Å². The summed E-state index contributed by atoms with van der Waals surface area (Å²) in [5.74, 6) is 1.02. The molecule has 1 saturated heterocycles. The number of halogens is 1. The molecule has 8 heteroatoms. The van der Waals surface area contributed by atoms with Crippen LogP contribution in [0.1, 0.15) is 24.6 Å². The molecule has 0 saturated carbocycles. The number of aromatic nitrogens is 3. The van der Waals surface area contributed by atoms with Crippen LogP contribution in [0, 0.1) is 5.82 Å². The van der Waals surface area contributed by atoms with Crippen molar-refractivity contribution in [2.45, 2.75) is 18.8 Å². The molecule has 7 nitrogen and oxygen atoms in total. The Morgan fingerprint density at radius 2 is 2.06 bits per heavy atom. The minimum Gasteiger partial charge on any atom is -0.384 e. The van der Waals surface area contributed by atoms with Gasteiger partial charge < -0.3 is 15.0 Å². The number of nitrogens with one attached hydrogen (secondary N) is 1. The zero-order chi connectivity index (χ0) is 21.6. The fourth-order valence-electron chi connectivity index (χ4n) is 3.64. The lowest BCUT2D eigenvalue weighted by Crippen LogP contribution is -2.29. The number of amides is 1. The monoisotopic (exact) mass is 421 g/mol. The van der Waals surface area contributed by atoms with Crippen LogP contribution < -0.4 is 5.32 Å². The van der Waals surface area contributed by atoms with E-state index in [1.807, 2.05) is 23.1 Å². The molecule has 1 aromatic carbocycles. The van der Waals surface area contributed by atoms with Crippen molar-refractivity contribution in [3.63, 3.8) is 0 Å². The summed E-state index contributed by atoms with van der Waals surface area (Å²) >= 11 is 0. The molecule has 0 bridgehead atoms. The molecule has 1 unspecified atom stereocenters. The fraction of sp³-hybridized carbons (Fsp3) is 0.304. The van der Waals surface area contributed by atoms with Crippen molar-refractivity contribution in [2.75, 3.05) is 32.1 Å². The number of benzene rings is 1. The Bertz CT molecular complexity index is 1050. The molecule has 1 aliphatic rings. The van der Waals surface area contributed by atoms with Crippen molar-refractivity contribution < 1.29 is 13.9 Å². The molecule has 3 aromatic rings. The summed E-state index contributed by atoms with van der Waals surface area (Å²) in [6.07, 6.45) is 4.58. The first-order valence-electron chi connectivity index (χ1n) is 10.2. The molecule has 31 heavy (non-hydrogen) atoms. The Hall–Kier alpha value is -3.39. The van der Waals surface area contributed by atoms with Crippen molar-refractivity contribution >= 4 is 17.4 Å². The van der Waals surface area contributed by atoms with Gasteiger partial charge in [0.05, 0.1) is 18.7 Å². The van der Waals surface area contributed by atoms with Gasteiger partial charge in [-0.1, -0.05) is 6.07 Å². The molecule has 1 aliphatic heterocycles. The number of carbonyl (C=O) groups is 1. The van der Waals surface area contributed by atoms with E-state index in [-0.39, 0.29) is 17.6 Å². The van der Waals surface area contributed by atoms with Crippen LogP contribution >= 0.6 is 0 Å². The van der Waals surface area contributed by atoms with E-state index in [0.717, 1.165) is 17.7 Å². The maximum Gasteiger partial charge on any atom is 0.224 e. The number of hydrogen-bond donors (Lipinski definition) is 1. The maximum atomic E-state index is 13.6. The number of hydrogen-bond acceptors (Lipinski definition) is 6. The minimum atomic E-state index is -0.324. The van der Waals surface area contributed by atoms with Crippen LogP contribution in [0.15, 0.2) is 54.9 Å². The van der Waals surface area contributed by atoms with Crippen LogP contribution in [0.4, 0.5) is 15.9 Å². The molecule has 0 radical (unpaired) electrons. The second-order valence-corrected chi connectivity index (χ2v) is 7.44. The Morgan fingerprint density at radius 1 is 1.23 bits per heavy atom. The molecular formula is C23H24FN5O2. The van der Waals surface area contributed by atoms with Gasteiger partial charge in [-0.25, -0.2) is 14.4 Å². The molecule has 1 atom stereocenters. The van der Waals surface area contributed by atoms with Gasteiger partial charge in [0.15, 0.2) is 0 Å². The van der Waals surface area contributed by atoms with Crippen molar-refractivity contribution in [3.8, 4) is 11.3 Å². The largest absolute Gasteiger partial charge is 0.384 e. The summed E-state index contributed by atoms with van der Waals surface area (Å²) < 4.78 is 18.6. The van der Waals surface area contributed by atoms with E-state index >= 15 is 0 Å². The van der Waals surface area contributed by atoms with E-state index in [1.54, 1.807) is 31.6 Å². The lowest BCUT2D eigenvalue weighted by atomic mass is 10.1. The highest BCUT2D eigenvalue weighted by molar-refractivity contribution is 5.76. The van der Waals surface area contributed by atoms with E-state index in [2.05, 4.69) is 10.3 Å². The van der Waals surface area contributed by atoms with Gasteiger partial charge in [-0.3, -0.25) is 9.78 Å². The first kappa shape index (κ1) is 20.9. The predicted molar refractivity (Wildman–Crippen MR) is 115 cm³/mol. The number of likely N-dealkylation sites (tertiary alicyclic amines) is 1. The standard InChI is InChI=1S/C23H24FN5O2/c1-31-12-8-22(30)29-11-7-17(15-29)23-27-20(16-5-9-25-10-6-16)14-21(28-23)26-19-4-2-3-18(24)13-19/h2-6,9-10,13-14,17H,7-8,11-12,15H2,1H3,(H,26,27,28). The minimum absolute atomic E-state index is 0.0290. The molecule has 1 amide bonds. The third-order valence-electron chi connectivity index (χ3n) is 5.24. The molecule has 0 aliphatic carbocycles. The van der Waals surface area contributed by atoms with Gasteiger partial charge in [-0.15, -0.1) is 0 Å². The summed E-state index contributed by atoms with van der Waals surface area (Å²) in [5, 5.41) is 3.18. The van der Waals surface area contributed by atoms with E-state index in [0.29, 0.717) is 43.4 Å². The average molecular weight is 421 g/mol. The first-order valence-corrected chi connectivity index (χ1v) is 10.2. The van der Waals surface area contributed by atoms with Crippen molar-refractivity contribution in [1.82, 2.24) is 19.9 Å². The lowest BCUT2D eigenvalue weighted by molar-refractivity contribution is -0.131. The quantitative estimate of drug-likeness (QED) is 0.626. The van der Waals surface area contributed by atoms with Crippen LogP contribution in [0.25, 0.3) is 11.3 Å². The molecule has 1 N–H and O–H groups in total. The highest BCUT2D eigenvalue weighted by atomic mass is 19.1. The Balaban J connectivity index is 1.61. The highest BCUT2D eigenvalue weighted by Crippen LogP contribution is 2.29. The molecule has 1 fully saturated rings. The van der Waals surface area contributed by atoms with Crippen LogP contribution in [0.3, 0.4) is 0 Å². The average Bonchev–Trinajstić information content (AvgIpc) is 3.28. The smallest absolute Gasteiger partial charge is 0.224 e. The van der Waals surface area contributed by atoms with Crippen LogP contribution in [-0.2, 0) is 9.53 Å². The van der Waals surface area contributed by atoms with Gasteiger partial charge >= 0.3 is 0 Å². The number of pyridine rings is 1. The van der Waals surface area contributed by atoms with E-state index in [4.69, 9.17) is 14.7 Å². The van der Waals surface area contributed by atoms with Gasteiger partial charge in [0.2, 0.25) is 5.91 Å².